The summed E-state index contributed by atoms with van der Waals surface area (Å²) in [4.78, 5) is 13.8. The van der Waals surface area contributed by atoms with Crippen LogP contribution in [0, 0.1) is 12.8 Å². The fourth-order valence-corrected chi connectivity index (χ4v) is 8.08. The lowest BCUT2D eigenvalue weighted by Gasteiger charge is -2.41. The molecule has 1 fully saturated rings. The molecule has 1 aliphatic heterocycles. The van der Waals surface area contributed by atoms with Crippen molar-refractivity contribution in [3.05, 3.63) is 137 Å². The minimum atomic E-state index is -3.99. The Labute approximate surface area is 302 Å². The van der Waals surface area contributed by atoms with Crippen molar-refractivity contribution in [2.45, 2.75) is 61.5 Å². The van der Waals surface area contributed by atoms with Gasteiger partial charge in [-0.15, -0.1) is 10.2 Å². The lowest BCUT2D eigenvalue weighted by Crippen LogP contribution is -2.45. The summed E-state index contributed by atoms with van der Waals surface area (Å²) in [5.41, 5.74) is 4.78. The Bertz CT molecular complexity index is 2010. The molecule has 0 saturated carbocycles. The SMILES string of the molecule is Cc1ccc(S(=O)(=O)N[C@H](Cc2ccccc2)C(=O)Nc2ccc([C@H]3O[C@@H](CSc4nncn4C)[C@@H](C)[C@@H](c4ccc(CO)cc4)O3)cc2)cc1. The highest BCUT2D eigenvalue weighted by Gasteiger charge is 2.38. The second-order valence-electron chi connectivity index (χ2n) is 12.6. The number of nitrogens with one attached hydrogen (secondary N) is 2. The molecule has 1 amide bonds. The fraction of sp³-hybridized carbons (Fsp3) is 0.289. The highest BCUT2D eigenvalue weighted by molar-refractivity contribution is 7.99. The molecule has 266 valence electrons. The fourth-order valence-electron chi connectivity index (χ4n) is 5.83. The third-order valence-electron chi connectivity index (χ3n) is 8.85. The normalized spacial score (nSPS) is 19.8. The topological polar surface area (TPSA) is 145 Å². The van der Waals surface area contributed by atoms with E-state index in [0.717, 1.165) is 33.0 Å². The maximum absolute atomic E-state index is 13.7. The second-order valence-corrected chi connectivity index (χ2v) is 15.3. The van der Waals surface area contributed by atoms with E-state index in [1.165, 1.54) is 12.1 Å². The number of carbonyl (C=O) groups is 1. The van der Waals surface area contributed by atoms with Gasteiger partial charge in [-0.1, -0.05) is 103 Å². The molecule has 13 heteroatoms. The monoisotopic (exact) mass is 727 g/mol. The van der Waals surface area contributed by atoms with Crippen LogP contribution >= 0.6 is 11.8 Å². The van der Waals surface area contributed by atoms with Gasteiger partial charge in [0.05, 0.1) is 23.7 Å². The van der Waals surface area contributed by atoms with Crippen molar-refractivity contribution in [1.82, 2.24) is 19.5 Å². The number of aliphatic hydroxyl groups excluding tert-OH is 1. The first-order valence-electron chi connectivity index (χ1n) is 16.6. The molecule has 4 aromatic carbocycles. The van der Waals surface area contributed by atoms with Gasteiger partial charge in [-0.3, -0.25) is 4.79 Å². The molecule has 1 aliphatic rings. The maximum Gasteiger partial charge on any atom is 0.242 e. The average molecular weight is 728 g/mol. The number of aliphatic hydroxyl groups is 1. The van der Waals surface area contributed by atoms with Crippen molar-refractivity contribution >= 4 is 33.4 Å². The van der Waals surface area contributed by atoms with E-state index in [1.54, 1.807) is 42.4 Å². The van der Waals surface area contributed by atoms with Crippen LogP contribution in [0.25, 0.3) is 0 Å². The maximum atomic E-state index is 13.7. The molecule has 51 heavy (non-hydrogen) atoms. The van der Waals surface area contributed by atoms with E-state index in [4.69, 9.17) is 9.47 Å². The minimum absolute atomic E-state index is 0.00856. The summed E-state index contributed by atoms with van der Waals surface area (Å²) in [5, 5.41) is 21.4. The average Bonchev–Trinajstić information content (AvgIpc) is 3.56. The lowest BCUT2D eigenvalue weighted by molar-refractivity contribution is -0.268. The Kier molecular flexibility index (Phi) is 11.7. The number of aryl methyl sites for hydroxylation is 2. The van der Waals surface area contributed by atoms with Gasteiger partial charge < -0.3 is 24.5 Å². The number of hydrogen-bond acceptors (Lipinski definition) is 9. The van der Waals surface area contributed by atoms with Gasteiger partial charge in [-0.25, -0.2) is 8.42 Å². The zero-order valence-electron chi connectivity index (χ0n) is 28.5. The Balaban J connectivity index is 1.19. The van der Waals surface area contributed by atoms with E-state index >= 15 is 0 Å². The van der Waals surface area contributed by atoms with Crippen LogP contribution in [-0.2, 0) is 44.4 Å². The van der Waals surface area contributed by atoms with E-state index in [9.17, 15) is 18.3 Å². The Morgan fingerprint density at radius 3 is 2.25 bits per heavy atom. The Morgan fingerprint density at radius 1 is 0.922 bits per heavy atom. The zero-order valence-corrected chi connectivity index (χ0v) is 30.2. The second kappa shape index (κ2) is 16.3. The van der Waals surface area contributed by atoms with Crippen molar-refractivity contribution in [2.75, 3.05) is 11.1 Å². The van der Waals surface area contributed by atoms with E-state index in [2.05, 4.69) is 27.2 Å². The third kappa shape index (κ3) is 9.11. The summed E-state index contributed by atoms with van der Waals surface area (Å²) in [6, 6.07) is 29.6. The van der Waals surface area contributed by atoms with Crippen LogP contribution in [0.3, 0.4) is 0 Å². The molecule has 5 atom stereocenters. The Hall–Kier alpha value is -4.37. The van der Waals surface area contributed by atoms with E-state index in [0.29, 0.717) is 11.4 Å². The van der Waals surface area contributed by atoms with Gasteiger partial charge in [0.1, 0.15) is 12.4 Å². The molecular formula is C38H41N5O6S2. The molecule has 11 nitrogen and oxygen atoms in total. The number of hydrogen-bond donors (Lipinski definition) is 3. The first-order valence-corrected chi connectivity index (χ1v) is 19.1. The molecule has 0 unspecified atom stereocenters. The highest BCUT2D eigenvalue weighted by atomic mass is 32.2. The third-order valence-corrected chi connectivity index (χ3v) is 11.5. The standard InChI is InChI=1S/C38H41N5O6S2/c1-25-9-19-32(20-10-25)51(46,47)42-33(21-27-7-5-4-6-8-27)36(45)40-31-17-15-30(16-18-31)37-48-34(23-50-38-41-39-24-43(38)3)26(2)35(49-37)29-13-11-28(22-44)12-14-29/h4-20,24,26,33-35,37,42,44H,21-23H2,1-3H3,(H,40,45)/t26-,33-,34+,35+,37+/m1/s1. The molecule has 6 rings (SSSR count). The van der Waals surface area contributed by atoms with Gasteiger partial charge >= 0.3 is 0 Å². The number of thioether (sulfide) groups is 1. The van der Waals surface area contributed by atoms with Crippen LogP contribution in [0.15, 0.2) is 120 Å². The van der Waals surface area contributed by atoms with Crippen molar-refractivity contribution in [1.29, 1.82) is 0 Å². The number of anilines is 1. The highest BCUT2D eigenvalue weighted by Crippen LogP contribution is 2.43. The first-order chi connectivity index (χ1) is 24.6. The summed E-state index contributed by atoms with van der Waals surface area (Å²) < 4.78 is 44.2. The molecule has 3 N–H and O–H groups in total. The van der Waals surface area contributed by atoms with Crippen molar-refractivity contribution in [3.8, 4) is 0 Å². The predicted octanol–water partition coefficient (Wildman–Crippen LogP) is 5.73. The number of ether oxygens (including phenoxy) is 2. The van der Waals surface area contributed by atoms with Crippen LogP contribution in [0.1, 0.15) is 47.1 Å². The quantitative estimate of drug-likeness (QED) is 0.130. The van der Waals surface area contributed by atoms with Crippen LogP contribution in [0.5, 0.6) is 0 Å². The number of rotatable bonds is 13. The van der Waals surface area contributed by atoms with Crippen molar-refractivity contribution in [3.63, 3.8) is 0 Å². The van der Waals surface area contributed by atoms with Crippen LogP contribution < -0.4 is 10.0 Å². The number of aromatic nitrogens is 3. The molecule has 0 spiro atoms. The number of benzene rings is 4. The number of amides is 1. The lowest BCUT2D eigenvalue weighted by atomic mass is 9.91. The van der Waals surface area contributed by atoms with Crippen LogP contribution in [0.4, 0.5) is 5.69 Å². The number of carbonyl (C=O) groups excluding carboxylic acids is 1. The summed E-state index contributed by atoms with van der Waals surface area (Å²) in [6.07, 6.45) is 0.625. The molecule has 2 heterocycles. The summed E-state index contributed by atoms with van der Waals surface area (Å²) in [5.74, 6) is 0.119. The van der Waals surface area contributed by atoms with E-state index < -0.39 is 28.3 Å². The summed E-state index contributed by atoms with van der Waals surface area (Å²) in [7, 11) is -2.09. The molecule has 0 radical (unpaired) electrons. The zero-order chi connectivity index (χ0) is 36.0. The first kappa shape index (κ1) is 36.4. The number of nitrogens with zero attached hydrogens (tertiary/aromatic N) is 3. The molecular weight excluding hydrogens is 687 g/mol. The van der Waals surface area contributed by atoms with Crippen molar-refractivity contribution in [2.24, 2.45) is 13.0 Å². The molecule has 1 saturated heterocycles. The smallest absolute Gasteiger partial charge is 0.242 e. The molecule has 0 aliphatic carbocycles. The molecule has 5 aromatic rings. The van der Waals surface area contributed by atoms with Crippen LogP contribution in [-0.4, -0.2) is 52.1 Å². The van der Waals surface area contributed by atoms with Gasteiger partial charge in [0.25, 0.3) is 0 Å². The minimum Gasteiger partial charge on any atom is -0.392 e. The molecule has 0 bridgehead atoms. The molecule has 1 aromatic heterocycles. The van der Waals surface area contributed by atoms with Crippen LogP contribution in [0.2, 0.25) is 0 Å². The van der Waals surface area contributed by atoms with Gasteiger partial charge in [-0.05, 0) is 54.3 Å². The van der Waals surface area contributed by atoms with E-state index in [1.807, 2.05) is 85.3 Å². The van der Waals surface area contributed by atoms with Gasteiger partial charge in [0.2, 0.25) is 15.9 Å². The van der Waals surface area contributed by atoms with Gasteiger partial charge in [0, 0.05) is 30.0 Å². The van der Waals surface area contributed by atoms with Gasteiger partial charge in [-0.2, -0.15) is 4.72 Å². The van der Waals surface area contributed by atoms with Crippen molar-refractivity contribution < 1.29 is 27.8 Å². The predicted molar refractivity (Wildman–Crippen MR) is 195 cm³/mol. The summed E-state index contributed by atoms with van der Waals surface area (Å²) in [6.45, 7) is 3.93. The number of sulfonamides is 1. The van der Waals surface area contributed by atoms with E-state index in [-0.39, 0.29) is 36.0 Å². The Morgan fingerprint density at radius 2 is 1.61 bits per heavy atom. The largest absolute Gasteiger partial charge is 0.392 e. The summed E-state index contributed by atoms with van der Waals surface area (Å²) >= 11 is 1.56. The van der Waals surface area contributed by atoms with Gasteiger partial charge in [0.15, 0.2) is 11.4 Å².